The molecule has 5 nitrogen and oxygen atoms in total. The molecule has 0 fully saturated rings. The van der Waals surface area contributed by atoms with Gasteiger partial charge in [-0.05, 0) is 25.1 Å². The summed E-state index contributed by atoms with van der Waals surface area (Å²) in [5, 5.41) is 7.26. The van der Waals surface area contributed by atoms with Crippen molar-refractivity contribution in [3.63, 3.8) is 0 Å². The van der Waals surface area contributed by atoms with Gasteiger partial charge in [0.2, 0.25) is 0 Å². The van der Waals surface area contributed by atoms with Crippen molar-refractivity contribution in [3.8, 4) is 0 Å². The lowest BCUT2D eigenvalue weighted by Gasteiger charge is -2.11. The average molecular weight is 321 g/mol. The Bertz CT molecular complexity index is 854. The van der Waals surface area contributed by atoms with E-state index in [0.29, 0.717) is 35.2 Å². The van der Waals surface area contributed by atoms with Crippen molar-refractivity contribution < 1.29 is 13.2 Å². The Kier molecular flexibility index (Phi) is 3.67. The summed E-state index contributed by atoms with van der Waals surface area (Å²) in [5.41, 5.74) is 0.305. The van der Waals surface area contributed by atoms with Crippen molar-refractivity contribution in [1.82, 2.24) is 19.6 Å². The standard InChI is InChI=1S/C15H14F3N5/c1-3-12-21-14-19-9(2)7-13(23(14)22-12)20-11-6-4-5-10(8-11)15(16,17)18/h4-8,20H,3H2,1-2H3. The van der Waals surface area contributed by atoms with Crippen LogP contribution >= 0.6 is 0 Å². The van der Waals surface area contributed by atoms with Crippen LogP contribution in [0.1, 0.15) is 24.0 Å². The molecule has 2 heterocycles. The summed E-state index contributed by atoms with van der Waals surface area (Å²) in [6.45, 7) is 3.71. The molecule has 0 aliphatic rings. The average Bonchev–Trinajstić information content (AvgIpc) is 2.90. The van der Waals surface area contributed by atoms with E-state index in [-0.39, 0.29) is 0 Å². The van der Waals surface area contributed by atoms with E-state index in [9.17, 15) is 13.2 Å². The van der Waals surface area contributed by atoms with Gasteiger partial charge in [0.1, 0.15) is 5.82 Å². The first kappa shape index (κ1) is 15.3. The minimum absolute atomic E-state index is 0.320. The first-order valence-corrected chi connectivity index (χ1v) is 7.04. The molecule has 1 aromatic carbocycles. The summed E-state index contributed by atoms with van der Waals surface area (Å²) in [5.74, 6) is 1.55. The van der Waals surface area contributed by atoms with E-state index >= 15 is 0 Å². The highest BCUT2D eigenvalue weighted by Gasteiger charge is 2.30. The third kappa shape index (κ3) is 3.10. The molecular weight excluding hydrogens is 307 g/mol. The van der Waals surface area contributed by atoms with Crippen LogP contribution in [0.15, 0.2) is 30.3 Å². The summed E-state index contributed by atoms with van der Waals surface area (Å²) < 4.78 is 39.9. The van der Waals surface area contributed by atoms with Gasteiger partial charge in [-0.1, -0.05) is 13.0 Å². The monoisotopic (exact) mass is 321 g/mol. The molecule has 0 aliphatic heterocycles. The second kappa shape index (κ2) is 5.53. The molecule has 0 aliphatic carbocycles. The number of fused-ring (bicyclic) bond motifs is 1. The first-order valence-electron chi connectivity index (χ1n) is 7.04. The molecule has 0 amide bonds. The van der Waals surface area contributed by atoms with Crippen LogP contribution in [0.5, 0.6) is 0 Å². The van der Waals surface area contributed by atoms with Crippen LogP contribution in [-0.2, 0) is 12.6 Å². The minimum atomic E-state index is -4.39. The second-order valence-corrected chi connectivity index (χ2v) is 5.08. The topological polar surface area (TPSA) is 55.1 Å². The highest BCUT2D eigenvalue weighted by Crippen LogP contribution is 2.31. The van der Waals surface area contributed by atoms with Crippen LogP contribution in [0.25, 0.3) is 5.78 Å². The summed E-state index contributed by atoms with van der Waals surface area (Å²) in [6.07, 6.45) is -3.74. The number of halogens is 3. The second-order valence-electron chi connectivity index (χ2n) is 5.08. The summed E-state index contributed by atoms with van der Waals surface area (Å²) in [4.78, 5) is 8.54. The van der Waals surface area contributed by atoms with Gasteiger partial charge in [-0.3, -0.25) is 0 Å². The van der Waals surface area contributed by atoms with Crippen molar-refractivity contribution in [2.45, 2.75) is 26.4 Å². The normalized spacial score (nSPS) is 11.9. The minimum Gasteiger partial charge on any atom is -0.340 e. The molecule has 0 unspecified atom stereocenters. The van der Waals surface area contributed by atoms with Gasteiger partial charge in [0.15, 0.2) is 5.82 Å². The number of rotatable bonds is 3. The lowest BCUT2D eigenvalue weighted by atomic mass is 10.2. The quantitative estimate of drug-likeness (QED) is 0.798. The molecule has 1 N–H and O–H groups in total. The Morgan fingerprint density at radius 1 is 1.17 bits per heavy atom. The number of hydrogen-bond acceptors (Lipinski definition) is 4. The molecule has 0 bridgehead atoms. The maximum atomic E-state index is 12.8. The number of benzene rings is 1. The number of aryl methyl sites for hydroxylation is 2. The highest BCUT2D eigenvalue weighted by atomic mass is 19.4. The zero-order chi connectivity index (χ0) is 16.6. The lowest BCUT2D eigenvalue weighted by molar-refractivity contribution is -0.137. The Morgan fingerprint density at radius 3 is 2.65 bits per heavy atom. The van der Waals surface area contributed by atoms with Crippen molar-refractivity contribution in [3.05, 3.63) is 47.4 Å². The van der Waals surface area contributed by atoms with Gasteiger partial charge < -0.3 is 5.32 Å². The predicted molar refractivity (Wildman–Crippen MR) is 79.6 cm³/mol. The first-order chi connectivity index (χ1) is 10.9. The van der Waals surface area contributed by atoms with Crippen molar-refractivity contribution in [2.24, 2.45) is 0 Å². The predicted octanol–water partition coefficient (Wildman–Crippen LogP) is 3.76. The molecule has 0 atom stereocenters. The smallest absolute Gasteiger partial charge is 0.340 e. The van der Waals surface area contributed by atoms with E-state index in [1.165, 1.54) is 10.6 Å². The fourth-order valence-corrected chi connectivity index (χ4v) is 2.19. The molecule has 3 aromatic rings. The third-order valence-corrected chi connectivity index (χ3v) is 3.26. The fraction of sp³-hybridized carbons (Fsp3) is 0.267. The van der Waals surface area contributed by atoms with Crippen molar-refractivity contribution >= 4 is 17.3 Å². The van der Waals surface area contributed by atoms with Gasteiger partial charge in [-0.15, -0.1) is 5.10 Å². The molecule has 0 radical (unpaired) electrons. The molecule has 120 valence electrons. The Morgan fingerprint density at radius 2 is 1.96 bits per heavy atom. The van der Waals surface area contributed by atoms with Gasteiger partial charge in [-0.2, -0.15) is 22.7 Å². The van der Waals surface area contributed by atoms with Gasteiger partial charge in [0, 0.05) is 23.9 Å². The number of aromatic nitrogens is 4. The summed E-state index contributed by atoms with van der Waals surface area (Å²) in [7, 11) is 0. The fourth-order valence-electron chi connectivity index (χ4n) is 2.19. The largest absolute Gasteiger partial charge is 0.416 e. The SMILES string of the molecule is CCc1nc2nc(C)cc(Nc3cccc(C(F)(F)F)c3)n2n1. The van der Waals surface area contributed by atoms with Crippen molar-refractivity contribution in [1.29, 1.82) is 0 Å². The maximum absolute atomic E-state index is 12.8. The van der Waals surface area contributed by atoms with Gasteiger partial charge in [0.05, 0.1) is 5.56 Å². The number of hydrogen-bond donors (Lipinski definition) is 1. The van der Waals surface area contributed by atoms with E-state index in [1.54, 1.807) is 19.1 Å². The molecular formula is C15H14F3N5. The third-order valence-electron chi connectivity index (χ3n) is 3.26. The zero-order valence-corrected chi connectivity index (χ0v) is 12.5. The summed E-state index contributed by atoms with van der Waals surface area (Å²) >= 11 is 0. The molecule has 3 rings (SSSR count). The van der Waals surface area contributed by atoms with Crippen LogP contribution in [0.4, 0.5) is 24.7 Å². The molecule has 23 heavy (non-hydrogen) atoms. The molecule has 0 saturated carbocycles. The number of alkyl halides is 3. The molecule has 0 saturated heterocycles. The number of nitrogens with one attached hydrogen (secondary N) is 1. The van der Waals surface area contributed by atoms with E-state index in [1.807, 2.05) is 6.92 Å². The van der Waals surface area contributed by atoms with E-state index in [2.05, 4.69) is 20.4 Å². The Hall–Kier alpha value is -2.64. The van der Waals surface area contributed by atoms with Crippen LogP contribution in [0.2, 0.25) is 0 Å². The molecule has 2 aromatic heterocycles. The van der Waals surface area contributed by atoms with Crippen LogP contribution in [0, 0.1) is 6.92 Å². The molecule has 0 spiro atoms. The van der Waals surface area contributed by atoms with E-state index < -0.39 is 11.7 Å². The van der Waals surface area contributed by atoms with Gasteiger partial charge >= 0.3 is 6.18 Å². The number of nitrogens with zero attached hydrogens (tertiary/aromatic N) is 4. The van der Waals surface area contributed by atoms with Gasteiger partial charge in [-0.25, -0.2) is 4.98 Å². The van der Waals surface area contributed by atoms with E-state index in [4.69, 9.17) is 0 Å². The van der Waals surface area contributed by atoms with Crippen LogP contribution < -0.4 is 5.32 Å². The Balaban J connectivity index is 2.03. The van der Waals surface area contributed by atoms with E-state index in [0.717, 1.165) is 12.1 Å². The van der Waals surface area contributed by atoms with Crippen LogP contribution in [0.3, 0.4) is 0 Å². The summed E-state index contributed by atoms with van der Waals surface area (Å²) in [6, 6.07) is 6.72. The lowest BCUT2D eigenvalue weighted by Crippen LogP contribution is -2.06. The highest BCUT2D eigenvalue weighted by molar-refractivity contribution is 5.59. The van der Waals surface area contributed by atoms with Gasteiger partial charge in [0.25, 0.3) is 5.78 Å². The molecule has 8 heteroatoms. The Labute approximate surface area is 130 Å². The van der Waals surface area contributed by atoms with Crippen LogP contribution in [-0.4, -0.2) is 19.6 Å². The van der Waals surface area contributed by atoms with Crippen molar-refractivity contribution in [2.75, 3.05) is 5.32 Å². The number of anilines is 2. The zero-order valence-electron chi connectivity index (χ0n) is 12.5. The maximum Gasteiger partial charge on any atom is 0.416 e.